The Labute approximate surface area is 725 Å². The smallest absolute Gasteiger partial charge is 0.363 e. The number of rotatable bonds is 17. The van der Waals surface area contributed by atoms with E-state index in [1.165, 1.54) is 269 Å². The lowest BCUT2D eigenvalue weighted by Gasteiger charge is -2.59. The van der Waals surface area contributed by atoms with Crippen LogP contribution in [0, 0.1) is 82.9 Å². The summed E-state index contributed by atoms with van der Waals surface area (Å²) in [4.78, 5) is 74.0. The van der Waals surface area contributed by atoms with Gasteiger partial charge in [-0.3, -0.25) is 8.98 Å². The first-order chi connectivity index (χ1) is 55.2. The summed E-state index contributed by atoms with van der Waals surface area (Å²) in [6.45, 7) is 12.6. The third-order valence-electron chi connectivity index (χ3n) is 32.0. The number of ether oxygens (including phenoxy) is 5. The van der Waals surface area contributed by atoms with Crippen LogP contribution in [-0.2, 0) is 127 Å². The molecule has 21 heteroatoms. The van der Waals surface area contributed by atoms with Gasteiger partial charge in [-0.2, -0.15) is 8.42 Å². The van der Waals surface area contributed by atoms with Gasteiger partial charge in [-0.25, -0.2) is 24.0 Å². The molecule has 0 aromatic heterocycles. The largest absolute Gasteiger partial charge is 0.456 e. The van der Waals surface area contributed by atoms with Crippen LogP contribution in [0.15, 0.2) is 30.3 Å². The van der Waals surface area contributed by atoms with Gasteiger partial charge in [-0.05, 0) is 392 Å². The number of benzene rings is 1. The number of carbonyl (C=O) groups excluding carboxylic acids is 6. The van der Waals surface area contributed by atoms with E-state index in [2.05, 4.69) is 20.8 Å². The van der Waals surface area contributed by atoms with E-state index in [4.69, 9.17) is 27.9 Å². The van der Waals surface area contributed by atoms with Crippen LogP contribution in [0.2, 0.25) is 0 Å². The Morgan fingerprint density at radius 1 is 0.402 bits per heavy atom. The minimum atomic E-state index is -3.42. The van der Waals surface area contributed by atoms with Crippen molar-refractivity contribution in [2.75, 3.05) is 97.8 Å². The maximum absolute atomic E-state index is 13.6. The normalized spacial score (nSPS) is 38.3. The molecule has 7 saturated heterocycles. The Kier molecular flexibility index (Phi) is 32.5. The van der Waals surface area contributed by atoms with E-state index in [-0.39, 0.29) is 117 Å². The number of hydrogen-bond donors (Lipinski definition) is 0. The summed E-state index contributed by atoms with van der Waals surface area (Å²) in [6, 6.07) is 9.66. The molecule has 0 spiro atoms. The third kappa shape index (κ3) is 22.6. The van der Waals surface area contributed by atoms with Gasteiger partial charge in [-0.1, -0.05) is 45.2 Å². The first kappa shape index (κ1) is 92.9. The topological polar surface area (TPSA) is 192 Å². The zero-order chi connectivity index (χ0) is 80.3. The summed E-state index contributed by atoms with van der Waals surface area (Å²) in [6.07, 6.45) is 46.7. The molecule has 1 aromatic carbocycles. The van der Waals surface area contributed by atoms with E-state index < -0.39 is 16.2 Å². The molecular formula is C96H156O14S7+6. The van der Waals surface area contributed by atoms with Crippen LogP contribution in [0.4, 0.5) is 0 Å². The second kappa shape index (κ2) is 40.9. The van der Waals surface area contributed by atoms with E-state index in [1.54, 1.807) is 0 Å². The van der Waals surface area contributed by atoms with Crippen LogP contribution in [0.5, 0.6) is 0 Å². The van der Waals surface area contributed by atoms with E-state index in [0.717, 1.165) is 77.6 Å². The molecule has 23 rings (SSSR count). The van der Waals surface area contributed by atoms with Crippen LogP contribution in [0.3, 0.4) is 0 Å². The zero-order valence-corrected chi connectivity index (χ0v) is 77.2. The van der Waals surface area contributed by atoms with Crippen LogP contribution in [-0.4, -0.2) is 186 Å². The van der Waals surface area contributed by atoms with Crippen molar-refractivity contribution in [3.63, 3.8) is 0 Å². The lowest BCUT2D eigenvalue weighted by Crippen LogP contribution is -2.60. The van der Waals surface area contributed by atoms with Crippen molar-refractivity contribution < 1.29 is 65.1 Å². The molecule has 0 N–H and O–H groups in total. The number of esters is 5. The molecule has 14 bridgehead atoms. The molecule has 22 aliphatic rings. The predicted octanol–water partition coefficient (Wildman–Crippen LogP) is 18.1. The molecule has 15 saturated carbocycles. The molecule has 0 amide bonds. The summed E-state index contributed by atoms with van der Waals surface area (Å²) in [5, 5.41) is -0.345. The van der Waals surface area contributed by atoms with Crippen LogP contribution < -0.4 is 0 Å². The molecule has 5 atom stereocenters. The van der Waals surface area contributed by atoms with Crippen molar-refractivity contribution in [2.24, 2.45) is 82.9 Å². The molecular weight excluding hydrogens is 1600 g/mol. The quantitative estimate of drug-likeness (QED) is 0.0470. The second-order valence-electron chi connectivity index (χ2n) is 41.2. The number of Topliss-reactive ketones (excluding diaryl/α,β-unsaturated/α-hetero) is 1. The Morgan fingerprint density at radius 3 is 1.11 bits per heavy atom. The molecule has 7 aliphatic heterocycles. The lowest BCUT2D eigenvalue weighted by atomic mass is 9.50. The molecule has 5 unspecified atom stereocenters. The van der Waals surface area contributed by atoms with E-state index in [9.17, 15) is 37.2 Å². The van der Waals surface area contributed by atoms with Gasteiger partial charge < -0.3 is 23.7 Å². The summed E-state index contributed by atoms with van der Waals surface area (Å²) < 4.78 is 58.8. The second-order valence-corrected chi connectivity index (χ2v) is 57.2. The standard InChI is InChI=1S/C22H35O2S.C18H29O2S.C17H27O2S.C14H21O5S2.C12H15OS.C11H21O2S.2CH4/c1-21(18-12-16-11-17(14-18)15-19(21)13-16)24-20(23)22(7-3-4-8-22)25-9-5-2-6-10-25;1-18(20-17(19)12-21-5-3-2-4-6-21)15-8-13-7-14(10-15)11-16(18)9-13;1-17(19-16(18)11-20-4-2-3-5-20)14-7-12-6-13(9-14)10-15(17)8-12;15-12(8-20-4-2-1-3-5-20)18-13-9-6-10-11(7-9)21(16,17)19-14(10)13;13-12(10-14-8-4-5-9-14)11-6-2-1-3-7-11;1-11(2,3)13-10(12)9-14-7-5-4-6-8-14;;/h16-19H,2-15H2,1H3;13-16H,2-12H2,1H3;12-15H,2-11H2,1H3;9-11,13-14H,1-8H2;1-3,6-7H,4-5,8-10H2;4-9H2,1-3H3;2*1H4/q6*+1;;. The molecule has 0 radical (unpaired) electrons. The maximum atomic E-state index is 13.6. The number of fused-ring (bicyclic) bond motifs is 1. The number of ketones is 1. The molecule has 1 aromatic rings. The summed E-state index contributed by atoms with van der Waals surface area (Å²) >= 11 is 0. The molecule has 117 heavy (non-hydrogen) atoms. The SMILES string of the molecule is C.C.CC(C)(C)OC(=O)C[S+]1CCCCC1.CC1(OC(=O)C2([S+]3CCCCC3)CCCC2)C2CC3CC(C2)CC1C3.CC1(OC(=O)C[S+]2CCCC2)C2CC3CC(C2)CC1C3.CC1(OC(=O)C[S+]2CCCCC2)C2CC3CC(C2)CC1C3.O=C(C[S+]1CCCC1)c1ccccc1.O=C(C[S+]1CCCCC1)OC1C2CC3C1OS(=O)(=O)C3C2. The van der Waals surface area contributed by atoms with Crippen LogP contribution in [0.1, 0.15) is 304 Å². The van der Waals surface area contributed by atoms with Crippen LogP contribution >= 0.6 is 0 Å². The Morgan fingerprint density at radius 2 is 0.735 bits per heavy atom. The summed E-state index contributed by atoms with van der Waals surface area (Å²) in [7, 11) is -1.58. The van der Waals surface area contributed by atoms with Gasteiger partial charge in [0.25, 0.3) is 10.1 Å². The number of hydrogen-bond acceptors (Lipinski definition) is 14. The van der Waals surface area contributed by atoms with Crippen molar-refractivity contribution in [3.05, 3.63) is 35.9 Å². The Balaban J connectivity index is 0.000000123. The maximum Gasteiger partial charge on any atom is 0.363 e. The van der Waals surface area contributed by atoms with E-state index >= 15 is 0 Å². The fraction of sp³-hybridized carbons (Fsp3) is 0.875. The summed E-state index contributed by atoms with van der Waals surface area (Å²) in [5.74, 6) is 28.8. The van der Waals surface area contributed by atoms with Crippen molar-refractivity contribution >= 4 is 111 Å². The van der Waals surface area contributed by atoms with Crippen LogP contribution in [0.25, 0.3) is 0 Å². The number of carbonyl (C=O) groups is 6. The molecule has 660 valence electrons. The fourth-order valence-electron chi connectivity index (χ4n) is 26.5. The van der Waals surface area contributed by atoms with Gasteiger partial charge in [0.1, 0.15) is 104 Å². The zero-order valence-electron chi connectivity index (χ0n) is 71.5. The van der Waals surface area contributed by atoms with Gasteiger partial charge >= 0.3 is 29.8 Å². The Hall–Kier alpha value is -1.75. The first-order valence-corrected chi connectivity index (χ1v) is 58.4. The van der Waals surface area contributed by atoms with Gasteiger partial charge in [0, 0.05) is 41.1 Å². The average Bonchev–Trinajstić information content (AvgIpc) is 1.54. The van der Waals surface area contributed by atoms with E-state index in [0.29, 0.717) is 114 Å². The predicted molar refractivity (Wildman–Crippen MR) is 490 cm³/mol. The van der Waals surface area contributed by atoms with Crippen molar-refractivity contribution in [1.82, 2.24) is 0 Å². The minimum absolute atomic E-state index is 0. The highest BCUT2D eigenvalue weighted by Crippen LogP contribution is 2.63. The molecule has 7 heterocycles. The van der Waals surface area contributed by atoms with Gasteiger partial charge in [0.15, 0.2) is 5.75 Å². The summed E-state index contributed by atoms with van der Waals surface area (Å²) in [5.41, 5.74) is 0.180. The minimum Gasteiger partial charge on any atom is -0.456 e. The highest BCUT2D eigenvalue weighted by atomic mass is 32.2. The monoisotopic (exact) mass is 1760 g/mol. The average molecular weight is 1760 g/mol. The Bertz CT molecular complexity index is 3460. The van der Waals surface area contributed by atoms with Gasteiger partial charge in [0.05, 0.1) is 5.25 Å². The first-order valence-electron chi connectivity index (χ1n) is 46.7. The van der Waals surface area contributed by atoms with Gasteiger partial charge in [-0.15, -0.1) is 0 Å². The molecule has 14 nitrogen and oxygen atoms in total. The van der Waals surface area contributed by atoms with Crippen molar-refractivity contribution in [2.45, 2.75) is 339 Å². The van der Waals surface area contributed by atoms with Crippen molar-refractivity contribution in [1.29, 1.82) is 0 Å². The van der Waals surface area contributed by atoms with Gasteiger partial charge in [0.2, 0.25) is 33.5 Å². The third-order valence-corrected chi connectivity index (χ3v) is 48.9. The highest BCUT2D eigenvalue weighted by Gasteiger charge is 2.67. The highest BCUT2D eigenvalue weighted by molar-refractivity contribution is 7.99. The van der Waals surface area contributed by atoms with Crippen molar-refractivity contribution in [3.8, 4) is 0 Å². The lowest BCUT2D eigenvalue weighted by molar-refractivity contribution is -0.205. The van der Waals surface area contributed by atoms with E-state index in [1.807, 2.05) is 51.1 Å². The molecule has 15 aliphatic carbocycles. The fourth-order valence-corrected chi connectivity index (χ4v) is 42.3. The molecule has 22 fully saturated rings.